The fourth-order valence-electron chi connectivity index (χ4n) is 2.22. The van der Waals surface area contributed by atoms with Crippen molar-refractivity contribution in [3.05, 3.63) is 18.1 Å². The van der Waals surface area contributed by atoms with Crippen molar-refractivity contribution in [3.8, 4) is 0 Å². The van der Waals surface area contributed by atoms with Crippen LogP contribution in [0.4, 0.5) is 5.82 Å². The van der Waals surface area contributed by atoms with Crippen molar-refractivity contribution in [2.45, 2.75) is 26.4 Å². The molecule has 0 radical (unpaired) electrons. The number of anilines is 1. The highest BCUT2D eigenvalue weighted by Crippen LogP contribution is 2.18. The summed E-state index contributed by atoms with van der Waals surface area (Å²) in [6.45, 7) is 7.15. The van der Waals surface area contributed by atoms with Crippen LogP contribution in [0, 0.1) is 0 Å². The monoisotopic (exact) mass is 251 g/mol. The largest absolute Gasteiger partial charge is 0.353 e. The molecule has 0 aliphatic rings. The highest BCUT2D eigenvalue weighted by atomic mass is 15.2. The van der Waals surface area contributed by atoms with E-state index in [0.29, 0.717) is 6.04 Å². The number of nitrogens with one attached hydrogen (secondary N) is 1. The van der Waals surface area contributed by atoms with Crippen molar-refractivity contribution in [2.75, 3.05) is 39.1 Å². The first kappa shape index (κ1) is 14.9. The van der Waals surface area contributed by atoms with E-state index < -0.39 is 0 Å². The Bertz CT molecular complexity index is 353. The Labute approximate surface area is 110 Å². The van der Waals surface area contributed by atoms with Gasteiger partial charge in [0, 0.05) is 37.4 Å². The second-order valence-electron chi connectivity index (χ2n) is 4.80. The van der Waals surface area contributed by atoms with Crippen LogP contribution in [0.2, 0.25) is 0 Å². The maximum absolute atomic E-state index is 4.45. The van der Waals surface area contributed by atoms with Crippen LogP contribution in [-0.4, -0.2) is 55.1 Å². The third-order valence-corrected chi connectivity index (χ3v) is 2.91. The van der Waals surface area contributed by atoms with Gasteiger partial charge in [-0.3, -0.25) is 0 Å². The van der Waals surface area contributed by atoms with Crippen LogP contribution >= 0.6 is 0 Å². The Morgan fingerprint density at radius 2 is 2.11 bits per heavy atom. The lowest BCUT2D eigenvalue weighted by Gasteiger charge is -2.32. The number of nitrogens with zero attached hydrogens (tertiary/aromatic N) is 4. The lowest BCUT2D eigenvalue weighted by Crippen LogP contribution is -2.41. The molecule has 1 aromatic rings. The predicted octanol–water partition coefficient (Wildman–Crippen LogP) is 0.972. The Hall–Kier alpha value is -1.20. The summed E-state index contributed by atoms with van der Waals surface area (Å²) in [6, 6.07) is 0.426. The van der Waals surface area contributed by atoms with Crippen molar-refractivity contribution in [1.29, 1.82) is 0 Å². The van der Waals surface area contributed by atoms with E-state index in [1.54, 1.807) is 6.33 Å². The maximum Gasteiger partial charge on any atom is 0.136 e. The molecule has 0 saturated carbocycles. The van der Waals surface area contributed by atoms with Gasteiger partial charge in [-0.05, 0) is 35.0 Å². The minimum atomic E-state index is 0.426. The van der Waals surface area contributed by atoms with E-state index >= 15 is 0 Å². The van der Waals surface area contributed by atoms with Gasteiger partial charge in [0.2, 0.25) is 0 Å². The zero-order valence-corrected chi connectivity index (χ0v) is 12.1. The Kier molecular flexibility index (Phi) is 6.01. The first-order valence-corrected chi connectivity index (χ1v) is 6.45. The van der Waals surface area contributed by atoms with Gasteiger partial charge < -0.3 is 15.1 Å². The zero-order valence-electron chi connectivity index (χ0n) is 12.1. The predicted molar refractivity (Wildman–Crippen MR) is 75.8 cm³/mol. The summed E-state index contributed by atoms with van der Waals surface area (Å²) in [5, 5.41) is 3.17. The highest BCUT2D eigenvalue weighted by molar-refractivity contribution is 5.46. The second kappa shape index (κ2) is 7.28. The summed E-state index contributed by atoms with van der Waals surface area (Å²) in [5.74, 6) is 1.04. The van der Waals surface area contributed by atoms with Crippen molar-refractivity contribution in [2.24, 2.45) is 0 Å². The fraction of sp³-hybridized carbons (Fsp3) is 0.692. The van der Waals surface area contributed by atoms with Crippen molar-refractivity contribution >= 4 is 5.82 Å². The van der Waals surface area contributed by atoms with Crippen LogP contribution < -0.4 is 10.2 Å². The molecule has 1 heterocycles. The van der Waals surface area contributed by atoms with Gasteiger partial charge in [0.1, 0.15) is 12.1 Å². The molecule has 18 heavy (non-hydrogen) atoms. The number of likely N-dealkylation sites (N-methyl/N-ethyl adjacent to an activating group) is 2. The van der Waals surface area contributed by atoms with E-state index in [9.17, 15) is 0 Å². The number of rotatable bonds is 7. The molecule has 0 amide bonds. The van der Waals surface area contributed by atoms with Crippen LogP contribution in [0.5, 0.6) is 0 Å². The van der Waals surface area contributed by atoms with Gasteiger partial charge in [0.15, 0.2) is 0 Å². The number of aromatic nitrogens is 2. The van der Waals surface area contributed by atoms with E-state index in [0.717, 1.165) is 31.0 Å². The molecule has 1 N–H and O–H groups in total. The number of hydrogen-bond donors (Lipinski definition) is 1. The minimum absolute atomic E-state index is 0.426. The molecule has 5 heteroatoms. The maximum atomic E-state index is 4.45. The van der Waals surface area contributed by atoms with Gasteiger partial charge in [-0.15, -0.1) is 0 Å². The molecular formula is C13H25N5. The summed E-state index contributed by atoms with van der Waals surface area (Å²) in [7, 11) is 6.13. The molecule has 0 aliphatic heterocycles. The van der Waals surface area contributed by atoms with Crippen LogP contribution in [0.1, 0.15) is 19.4 Å². The molecule has 0 spiro atoms. The molecule has 1 unspecified atom stereocenters. The van der Waals surface area contributed by atoms with Crippen molar-refractivity contribution < 1.29 is 0 Å². The average molecular weight is 251 g/mol. The third kappa shape index (κ3) is 3.92. The third-order valence-electron chi connectivity index (χ3n) is 2.91. The summed E-state index contributed by atoms with van der Waals surface area (Å²) in [4.78, 5) is 13.1. The smallest absolute Gasteiger partial charge is 0.136 e. The van der Waals surface area contributed by atoms with E-state index in [1.165, 1.54) is 0 Å². The summed E-state index contributed by atoms with van der Waals surface area (Å²) in [6.07, 6.45) is 3.52. The van der Waals surface area contributed by atoms with Crippen LogP contribution in [-0.2, 0) is 6.54 Å². The van der Waals surface area contributed by atoms with Gasteiger partial charge in [-0.2, -0.15) is 0 Å². The Balaban J connectivity index is 2.93. The van der Waals surface area contributed by atoms with Gasteiger partial charge in [0.05, 0.1) is 0 Å². The fourth-order valence-corrected chi connectivity index (χ4v) is 2.22. The van der Waals surface area contributed by atoms with E-state index in [1.807, 2.05) is 13.2 Å². The van der Waals surface area contributed by atoms with Gasteiger partial charge in [-0.25, -0.2) is 9.97 Å². The molecule has 0 aliphatic carbocycles. The Morgan fingerprint density at radius 3 is 2.67 bits per heavy atom. The lowest BCUT2D eigenvalue weighted by molar-refractivity contribution is 0.372. The van der Waals surface area contributed by atoms with Crippen LogP contribution in [0.15, 0.2) is 12.5 Å². The first-order chi connectivity index (χ1) is 8.60. The van der Waals surface area contributed by atoms with Crippen LogP contribution in [0.25, 0.3) is 0 Å². The average Bonchev–Trinajstić information content (AvgIpc) is 2.31. The molecule has 1 aromatic heterocycles. The molecule has 5 nitrogen and oxygen atoms in total. The van der Waals surface area contributed by atoms with Gasteiger partial charge in [-0.1, -0.05) is 0 Å². The van der Waals surface area contributed by atoms with E-state index in [2.05, 4.69) is 53.0 Å². The SMILES string of the molecule is CCN(c1ncncc1CNC)C(C)CN(C)C. The molecule has 0 bridgehead atoms. The second-order valence-corrected chi connectivity index (χ2v) is 4.80. The van der Waals surface area contributed by atoms with Crippen molar-refractivity contribution in [3.63, 3.8) is 0 Å². The molecule has 1 rings (SSSR count). The summed E-state index contributed by atoms with van der Waals surface area (Å²) < 4.78 is 0. The standard InChI is InChI=1S/C13H25N5/c1-6-18(11(2)9-17(4)5)13-12(7-14-3)8-15-10-16-13/h8,10-11,14H,6-7,9H2,1-5H3. The van der Waals surface area contributed by atoms with Gasteiger partial charge in [0.25, 0.3) is 0 Å². The quantitative estimate of drug-likeness (QED) is 0.782. The van der Waals surface area contributed by atoms with Crippen molar-refractivity contribution in [1.82, 2.24) is 20.2 Å². The molecule has 0 saturated heterocycles. The molecular weight excluding hydrogens is 226 g/mol. The molecule has 0 aromatic carbocycles. The highest BCUT2D eigenvalue weighted by Gasteiger charge is 2.17. The molecule has 102 valence electrons. The van der Waals surface area contributed by atoms with E-state index in [4.69, 9.17) is 0 Å². The number of hydrogen-bond acceptors (Lipinski definition) is 5. The minimum Gasteiger partial charge on any atom is -0.353 e. The summed E-state index contributed by atoms with van der Waals surface area (Å²) >= 11 is 0. The van der Waals surface area contributed by atoms with Gasteiger partial charge >= 0.3 is 0 Å². The molecule has 1 atom stereocenters. The lowest BCUT2D eigenvalue weighted by atomic mass is 10.2. The normalized spacial score (nSPS) is 12.8. The molecule has 0 fully saturated rings. The summed E-state index contributed by atoms with van der Waals surface area (Å²) in [5.41, 5.74) is 1.15. The Morgan fingerprint density at radius 1 is 1.39 bits per heavy atom. The topological polar surface area (TPSA) is 44.3 Å². The van der Waals surface area contributed by atoms with Crippen LogP contribution in [0.3, 0.4) is 0 Å². The van der Waals surface area contributed by atoms with E-state index in [-0.39, 0.29) is 0 Å². The first-order valence-electron chi connectivity index (χ1n) is 6.45. The zero-order chi connectivity index (χ0) is 13.5.